The van der Waals surface area contributed by atoms with Gasteiger partial charge >= 0.3 is 0 Å². The predicted molar refractivity (Wildman–Crippen MR) is 74.9 cm³/mol. The molecule has 5 nitrogen and oxygen atoms in total. The molecule has 1 aromatic carbocycles. The largest absolute Gasteiger partial charge is 0.258 e. The highest BCUT2D eigenvalue weighted by Gasteiger charge is 2.14. The number of aromatic nitrogens is 2. The van der Waals surface area contributed by atoms with Crippen LogP contribution in [0.25, 0.3) is 0 Å². The van der Waals surface area contributed by atoms with Gasteiger partial charge in [-0.1, -0.05) is 22.0 Å². The maximum Gasteiger partial charge on any atom is 0.240 e. The third-order valence-electron chi connectivity index (χ3n) is 2.38. The molecule has 0 radical (unpaired) electrons. The molecule has 0 saturated heterocycles. The van der Waals surface area contributed by atoms with Crippen LogP contribution in [0.15, 0.2) is 46.0 Å². The minimum atomic E-state index is -3.54. The number of nitrogens with one attached hydrogen (secondary N) is 1. The first-order chi connectivity index (χ1) is 8.97. The van der Waals surface area contributed by atoms with E-state index < -0.39 is 10.0 Å². The minimum absolute atomic E-state index is 0.113. The van der Waals surface area contributed by atoms with E-state index in [-0.39, 0.29) is 11.4 Å². The van der Waals surface area contributed by atoms with Gasteiger partial charge in [-0.05, 0) is 25.1 Å². The number of sulfonamides is 1. The summed E-state index contributed by atoms with van der Waals surface area (Å²) in [6, 6.07) is 6.52. The highest BCUT2D eigenvalue weighted by Crippen LogP contribution is 2.15. The summed E-state index contributed by atoms with van der Waals surface area (Å²) in [5.74, 6) is 0. The van der Waals surface area contributed by atoms with E-state index in [0.29, 0.717) is 10.2 Å². The molecule has 1 heterocycles. The molecule has 2 rings (SSSR count). The van der Waals surface area contributed by atoms with Crippen molar-refractivity contribution in [3.63, 3.8) is 0 Å². The van der Waals surface area contributed by atoms with E-state index in [2.05, 4.69) is 30.6 Å². The molecule has 1 N–H and O–H groups in total. The summed E-state index contributed by atoms with van der Waals surface area (Å²) >= 11 is 3.24. The van der Waals surface area contributed by atoms with Crippen LogP contribution in [0.1, 0.15) is 11.4 Å². The third-order valence-corrected chi connectivity index (χ3v) is 4.28. The van der Waals surface area contributed by atoms with Crippen molar-refractivity contribution in [2.24, 2.45) is 0 Å². The molecule has 0 unspecified atom stereocenters. The number of hydrogen-bond acceptors (Lipinski definition) is 4. The number of hydrogen-bond donors (Lipinski definition) is 1. The summed E-state index contributed by atoms with van der Waals surface area (Å²) in [6.07, 6.45) is 3.15. The third kappa shape index (κ3) is 3.82. The van der Waals surface area contributed by atoms with Crippen LogP contribution in [0.5, 0.6) is 0 Å². The Morgan fingerprint density at radius 2 is 2.05 bits per heavy atom. The van der Waals surface area contributed by atoms with Crippen LogP contribution in [-0.4, -0.2) is 18.4 Å². The minimum Gasteiger partial charge on any atom is -0.258 e. The molecule has 0 bridgehead atoms. The van der Waals surface area contributed by atoms with Gasteiger partial charge in [0.25, 0.3) is 0 Å². The van der Waals surface area contributed by atoms with E-state index in [4.69, 9.17) is 0 Å². The van der Waals surface area contributed by atoms with Gasteiger partial charge in [-0.15, -0.1) is 0 Å². The van der Waals surface area contributed by atoms with Gasteiger partial charge in [-0.25, -0.2) is 13.1 Å². The van der Waals surface area contributed by atoms with Gasteiger partial charge in [0, 0.05) is 10.7 Å². The van der Waals surface area contributed by atoms with Crippen molar-refractivity contribution >= 4 is 26.0 Å². The number of benzene rings is 1. The SMILES string of the molecule is Cc1cnc(CNS(=O)(=O)c2cccc(Br)c2)cn1. The lowest BCUT2D eigenvalue weighted by Crippen LogP contribution is -2.23. The molecular weight excluding hydrogens is 330 g/mol. The Morgan fingerprint density at radius 1 is 1.26 bits per heavy atom. The second kappa shape index (κ2) is 5.77. The van der Waals surface area contributed by atoms with Crippen LogP contribution in [0.3, 0.4) is 0 Å². The highest BCUT2D eigenvalue weighted by molar-refractivity contribution is 9.10. The van der Waals surface area contributed by atoms with Crippen LogP contribution in [-0.2, 0) is 16.6 Å². The highest BCUT2D eigenvalue weighted by atomic mass is 79.9. The molecule has 0 saturated carbocycles. The first-order valence-electron chi connectivity index (χ1n) is 5.50. The fraction of sp³-hybridized carbons (Fsp3) is 0.167. The Labute approximate surface area is 120 Å². The number of aryl methyl sites for hydroxylation is 1. The van der Waals surface area contributed by atoms with E-state index in [9.17, 15) is 8.42 Å². The van der Waals surface area contributed by atoms with E-state index in [1.807, 2.05) is 6.92 Å². The van der Waals surface area contributed by atoms with E-state index >= 15 is 0 Å². The standard InChI is InChI=1S/C12H12BrN3O2S/c1-9-6-15-11(7-14-9)8-16-19(17,18)12-4-2-3-10(13)5-12/h2-7,16H,8H2,1H3. The zero-order valence-corrected chi connectivity index (χ0v) is 12.6. The van der Waals surface area contributed by atoms with E-state index in [0.717, 1.165) is 5.69 Å². The predicted octanol–water partition coefficient (Wildman–Crippen LogP) is 2.03. The number of rotatable bonds is 4. The van der Waals surface area contributed by atoms with Crippen molar-refractivity contribution in [2.45, 2.75) is 18.4 Å². The second-order valence-corrected chi connectivity index (χ2v) is 6.61. The molecule has 0 atom stereocenters. The van der Waals surface area contributed by atoms with Gasteiger partial charge in [0.05, 0.1) is 29.0 Å². The molecule has 0 fully saturated rings. The summed E-state index contributed by atoms with van der Waals surface area (Å²) in [7, 11) is -3.54. The molecular formula is C12H12BrN3O2S. The fourth-order valence-corrected chi connectivity index (χ4v) is 2.99. The second-order valence-electron chi connectivity index (χ2n) is 3.93. The number of halogens is 1. The smallest absolute Gasteiger partial charge is 0.240 e. The van der Waals surface area contributed by atoms with E-state index in [1.165, 1.54) is 6.07 Å². The van der Waals surface area contributed by atoms with Gasteiger partial charge in [-0.2, -0.15) is 0 Å². The summed E-state index contributed by atoms with van der Waals surface area (Å²) in [6.45, 7) is 1.94. The zero-order chi connectivity index (χ0) is 13.9. The Morgan fingerprint density at radius 3 is 2.68 bits per heavy atom. The first kappa shape index (κ1) is 14.1. The molecule has 100 valence electrons. The first-order valence-corrected chi connectivity index (χ1v) is 7.78. The topological polar surface area (TPSA) is 72.0 Å². The zero-order valence-electron chi connectivity index (χ0n) is 10.2. The van der Waals surface area contributed by atoms with Crippen molar-refractivity contribution < 1.29 is 8.42 Å². The Hall–Kier alpha value is -1.31. The van der Waals surface area contributed by atoms with Gasteiger partial charge in [-0.3, -0.25) is 9.97 Å². The van der Waals surface area contributed by atoms with Crippen molar-refractivity contribution in [3.8, 4) is 0 Å². The summed E-state index contributed by atoms with van der Waals surface area (Å²) < 4.78 is 27.3. The average Bonchev–Trinajstić information content (AvgIpc) is 2.38. The van der Waals surface area contributed by atoms with Crippen LogP contribution in [0.4, 0.5) is 0 Å². The van der Waals surface area contributed by atoms with Gasteiger partial charge in [0.15, 0.2) is 0 Å². The van der Waals surface area contributed by atoms with Gasteiger partial charge < -0.3 is 0 Å². The van der Waals surface area contributed by atoms with Crippen LogP contribution < -0.4 is 4.72 Å². The lowest BCUT2D eigenvalue weighted by Gasteiger charge is -2.06. The maximum absolute atomic E-state index is 12.0. The molecule has 2 aromatic rings. The van der Waals surface area contributed by atoms with Crippen molar-refractivity contribution in [3.05, 3.63) is 52.5 Å². The molecule has 0 aliphatic rings. The number of nitrogens with zero attached hydrogens (tertiary/aromatic N) is 2. The Bertz CT molecular complexity index is 672. The Kier molecular flexibility index (Phi) is 4.28. The van der Waals surface area contributed by atoms with Crippen LogP contribution in [0.2, 0.25) is 0 Å². The maximum atomic E-state index is 12.0. The van der Waals surface area contributed by atoms with Gasteiger partial charge in [0.2, 0.25) is 10.0 Å². The van der Waals surface area contributed by atoms with Crippen LogP contribution in [0, 0.1) is 6.92 Å². The molecule has 0 aliphatic heterocycles. The van der Waals surface area contributed by atoms with E-state index in [1.54, 1.807) is 30.6 Å². The Balaban J connectivity index is 2.12. The average molecular weight is 342 g/mol. The molecule has 7 heteroatoms. The van der Waals surface area contributed by atoms with Gasteiger partial charge in [0.1, 0.15) is 0 Å². The van der Waals surface area contributed by atoms with Crippen molar-refractivity contribution in [2.75, 3.05) is 0 Å². The van der Waals surface area contributed by atoms with Crippen molar-refractivity contribution in [1.29, 1.82) is 0 Å². The lowest BCUT2D eigenvalue weighted by molar-refractivity contribution is 0.580. The normalized spacial score (nSPS) is 11.5. The molecule has 0 spiro atoms. The summed E-state index contributed by atoms with van der Waals surface area (Å²) in [5.41, 5.74) is 1.36. The quantitative estimate of drug-likeness (QED) is 0.923. The summed E-state index contributed by atoms with van der Waals surface area (Å²) in [4.78, 5) is 8.37. The fourth-order valence-electron chi connectivity index (χ4n) is 1.40. The van der Waals surface area contributed by atoms with Crippen LogP contribution >= 0.6 is 15.9 Å². The lowest BCUT2D eigenvalue weighted by atomic mass is 10.4. The molecule has 19 heavy (non-hydrogen) atoms. The molecule has 0 aliphatic carbocycles. The monoisotopic (exact) mass is 341 g/mol. The molecule has 0 amide bonds. The summed E-state index contributed by atoms with van der Waals surface area (Å²) in [5, 5.41) is 0. The van der Waals surface area contributed by atoms with Crippen molar-refractivity contribution in [1.82, 2.24) is 14.7 Å². The molecule has 1 aromatic heterocycles.